The molecule has 1 aromatic rings. The molecule has 2 unspecified atom stereocenters. The minimum Gasteiger partial charge on any atom is -0.490 e. The Labute approximate surface area is 123 Å². The fraction of sp³-hybridized carbons (Fsp3) is 0.600. The molecular weight excluding hydrogens is 306 g/mol. The highest BCUT2D eigenvalue weighted by atomic mass is 79.9. The Bertz CT molecular complexity index is 411. The Balaban J connectivity index is 1.86. The van der Waals surface area contributed by atoms with E-state index in [1.165, 1.54) is 5.56 Å². The van der Waals surface area contributed by atoms with Gasteiger partial charge in [0.2, 0.25) is 0 Å². The van der Waals surface area contributed by atoms with E-state index in [0.29, 0.717) is 12.7 Å². The van der Waals surface area contributed by atoms with Crippen molar-refractivity contribution in [1.29, 1.82) is 0 Å². The summed E-state index contributed by atoms with van der Waals surface area (Å²) in [6.07, 6.45) is 2.84. The zero-order valence-corrected chi connectivity index (χ0v) is 13.2. The summed E-state index contributed by atoms with van der Waals surface area (Å²) in [5.74, 6) is 0.892. The lowest BCUT2D eigenvalue weighted by Crippen LogP contribution is -2.18. The molecule has 1 saturated heterocycles. The molecule has 106 valence electrons. The molecule has 4 heteroatoms. The van der Waals surface area contributed by atoms with Crippen LogP contribution in [0.1, 0.15) is 32.3 Å². The summed E-state index contributed by atoms with van der Waals surface area (Å²) in [6, 6.07) is 6.23. The van der Waals surface area contributed by atoms with Gasteiger partial charge in [-0.1, -0.05) is 13.0 Å². The van der Waals surface area contributed by atoms with E-state index in [0.717, 1.165) is 36.2 Å². The van der Waals surface area contributed by atoms with Crippen LogP contribution in [-0.2, 0) is 11.3 Å². The molecule has 2 rings (SSSR count). The topological polar surface area (TPSA) is 30.5 Å². The van der Waals surface area contributed by atoms with Gasteiger partial charge in [0, 0.05) is 6.54 Å². The minimum absolute atomic E-state index is 0.239. The number of halogens is 1. The van der Waals surface area contributed by atoms with E-state index >= 15 is 0 Å². The molecule has 0 saturated carbocycles. The van der Waals surface area contributed by atoms with Crippen LogP contribution < -0.4 is 10.1 Å². The average Bonchev–Trinajstić information content (AvgIpc) is 2.81. The lowest BCUT2D eigenvalue weighted by Gasteiger charge is -2.14. The Morgan fingerprint density at radius 1 is 1.42 bits per heavy atom. The quantitative estimate of drug-likeness (QED) is 0.867. The van der Waals surface area contributed by atoms with Crippen LogP contribution in [0.25, 0.3) is 0 Å². The zero-order valence-electron chi connectivity index (χ0n) is 11.6. The van der Waals surface area contributed by atoms with E-state index in [1.807, 2.05) is 6.07 Å². The summed E-state index contributed by atoms with van der Waals surface area (Å²) in [7, 11) is 0. The first-order chi connectivity index (χ1) is 9.19. The number of rotatable bonds is 6. The second kappa shape index (κ2) is 7.27. The molecule has 1 fully saturated rings. The van der Waals surface area contributed by atoms with Gasteiger partial charge in [0.05, 0.1) is 16.7 Å². The monoisotopic (exact) mass is 327 g/mol. The maximum atomic E-state index is 5.84. The number of hydrogen-bond acceptors (Lipinski definition) is 3. The fourth-order valence-electron chi connectivity index (χ4n) is 2.23. The standard InChI is InChI=1S/C15H22BrNO2/c1-3-17-9-12-5-7-15(14(16)8-12)18-10-13-6-4-11(2)19-13/h5,7-8,11,13,17H,3-4,6,9-10H2,1-2H3. The molecular formula is C15H22BrNO2. The molecule has 0 amide bonds. The number of ether oxygens (including phenoxy) is 2. The SMILES string of the molecule is CCNCc1ccc(OCC2CCC(C)O2)c(Br)c1. The van der Waals surface area contributed by atoms with Crippen LogP contribution in [0.4, 0.5) is 0 Å². The Morgan fingerprint density at radius 3 is 2.89 bits per heavy atom. The van der Waals surface area contributed by atoms with Gasteiger partial charge >= 0.3 is 0 Å². The Morgan fingerprint density at radius 2 is 2.26 bits per heavy atom. The molecule has 0 bridgehead atoms. The molecule has 19 heavy (non-hydrogen) atoms. The maximum Gasteiger partial charge on any atom is 0.133 e. The van der Waals surface area contributed by atoms with Gasteiger partial charge in [-0.25, -0.2) is 0 Å². The van der Waals surface area contributed by atoms with Crippen molar-refractivity contribution >= 4 is 15.9 Å². The summed E-state index contributed by atoms with van der Waals surface area (Å²) in [4.78, 5) is 0. The summed E-state index contributed by atoms with van der Waals surface area (Å²) in [5, 5.41) is 3.31. The largest absolute Gasteiger partial charge is 0.490 e. The highest BCUT2D eigenvalue weighted by Crippen LogP contribution is 2.27. The zero-order chi connectivity index (χ0) is 13.7. The first-order valence-electron chi connectivity index (χ1n) is 6.96. The van der Waals surface area contributed by atoms with Crippen LogP contribution in [0.5, 0.6) is 5.75 Å². The van der Waals surface area contributed by atoms with Crippen molar-refractivity contribution in [2.45, 2.75) is 45.4 Å². The summed E-state index contributed by atoms with van der Waals surface area (Å²) in [6.45, 7) is 6.72. The minimum atomic E-state index is 0.239. The summed E-state index contributed by atoms with van der Waals surface area (Å²) in [5.41, 5.74) is 1.26. The van der Waals surface area contributed by atoms with Gasteiger partial charge in [0.1, 0.15) is 12.4 Å². The second-order valence-corrected chi connectivity index (χ2v) is 5.86. The fourth-order valence-corrected chi connectivity index (χ4v) is 2.77. The van der Waals surface area contributed by atoms with Crippen molar-refractivity contribution in [2.75, 3.05) is 13.2 Å². The Hall–Kier alpha value is -0.580. The summed E-state index contributed by atoms with van der Waals surface area (Å²) < 4.78 is 12.6. The third-order valence-electron chi connectivity index (χ3n) is 3.32. The predicted molar refractivity (Wildman–Crippen MR) is 80.6 cm³/mol. The van der Waals surface area contributed by atoms with Crippen LogP contribution in [0.3, 0.4) is 0 Å². The van der Waals surface area contributed by atoms with Crippen molar-refractivity contribution in [3.63, 3.8) is 0 Å². The van der Waals surface area contributed by atoms with Gasteiger partial charge in [0.15, 0.2) is 0 Å². The molecule has 1 aliphatic heterocycles. The van der Waals surface area contributed by atoms with E-state index in [4.69, 9.17) is 9.47 Å². The van der Waals surface area contributed by atoms with E-state index in [2.05, 4.69) is 47.2 Å². The maximum absolute atomic E-state index is 5.84. The normalized spacial score (nSPS) is 22.7. The van der Waals surface area contributed by atoms with Gasteiger partial charge in [-0.05, 0) is 59.9 Å². The van der Waals surface area contributed by atoms with Gasteiger partial charge in [-0.15, -0.1) is 0 Å². The van der Waals surface area contributed by atoms with Gasteiger partial charge < -0.3 is 14.8 Å². The van der Waals surface area contributed by atoms with Crippen LogP contribution in [-0.4, -0.2) is 25.4 Å². The third kappa shape index (κ3) is 4.48. The van der Waals surface area contributed by atoms with Crippen molar-refractivity contribution < 1.29 is 9.47 Å². The van der Waals surface area contributed by atoms with Crippen molar-refractivity contribution in [1.82, 2.24) is 5.32 Å². The van der Waals surface area contributed by atoms with E-state index in [1.54, 1.807) is 0 Å². The van der Waals surface area contributed by atoms with E-state index in [9.17, 15) is 0 Å². The van der Waals surface area contributed by atoms with Crippen LogP contribution >= 0.6 is 15.9 Å². The average molecular weight is 328 g/mol. The van der Waals surface area contributed by atoms with Crippen molar-refractivity contribution in [3.05, 3.63) is 28.2 Å². The van der Waals surface area contributed by atoms with Crippen LogP contribution in [0.15, 0.2) is 22.7 Å². The van der Waals surface area contributed by atoms with Crippen molar-refractivity contribution in [2.24, 2.45) is 0 Å². The number of nitrogens with one attached hydrogen (secondary N) is 1. The van der Waals surface area contributed by atoms with Gasteiger partial charge in [-0.2, -0.15) is 0 Å². The van der Waals surface area contributed by atoms with Gasteiger partial charge in [-0.3, -0.25) is 0 Å². The molecule has 3 nitrogen and oxygen atoms in total. The lowest BCUT2D eigenvalue weighted by atomic mass is 10.2. The number of benzene rings is 1. The molecule has 1 aliphatic rings. The first-order valence-corrected chi connectivity index (χ1v) is 7.75. The Kier molecular flexibility index (Phi) is 5.67. The van der Waals surface area contributed by atoms with Crippen LogP contribution in [0, 0.1) is 0 Å². The smallest absolute Gasteiger partial charge is 0.133 e. The molecule has 0 radical (unpaired) electrons. The molecule has 1 aromatic carbocycles. The van der Waals surface area contributed by atoms with Gasteiger partial charge in [0.25, 0.3) is 0 Å². The third-order valence-corrected chi connectivity index (χ3v) is 3.94. The highest BCUT2D eigenvalue weighted by Gasteiger charge is 2.22. The predicted octanol–water partition coefficient (Wildman–Crippen LogP) is 3.50. The summed E-state index contributed by atoms with van der Waals surface area (Å²) >= 11 is 3.57. The second-order valence-electron chi connectivity index (χ2n) is 5.00. The molecule has 0 spiro atoms. The molecule has 0 aromatic heterocycles. The highest BCUT2D eigenvalue weighted by molar-refractivity contribution is 9.10. The lowest BCUT2D eigenvalue weighted by molar-refractivity contribution is 0.0263. The van der Waals surface area contributed by atoms with Crippen LogP contribution in [0.2, 0.25) is 0 Å². The van der Waals surface area contributed by atoms with E-state index in [-0.39, 0.29) is 6.10 Å². The molecule has 1 N–H and O–H groups in total. The molecule has 2 atom stereocenters. The van der Waals surface area contributed by atoms with E-state index < -0.39 is 0 Å². The first kappa shape index (κ1) is 14.8. The molecule has 1 heterocycles. The van der Waals surface area contributed by atoms with Crippen molar-refractivity contribution in [3.8, 4) is 5.75 Å². The molecule has 0 aliphatic carbocycles. The number of hydrogen-bond donors (Lipinski definition) is 1.